The molecule has 2 N–H and O–H groups in total. The van der Waals surface area contributed by atoms with Gasteiger partial charge in [0.05, 0.1) is 6.61 Å². The van der Waals surface area contributed by atoms with Crippen molar-refractivity contribution in [3.05, 3.63) is 0 Å². The van der Waals surface area contributed by atoms with Crippen molar-refractivity contribution in [3.63, 3.8) is 0 Å². The third kappa shape index (κ3) is 7.71. The van der Waals surface area contributed by atoms with Gasteiger partial charge in [-0.25, -0.2) is 4.79 Å². The number of ether oxygens (including phenoxy) is 1. The van der Waals surface area contributed by atoms with Gasteiger partial charge in [0.25, 0.3) is 0 Å². The molecule has 27 heavy (non-hydrogen) atoms. The largest absolute Gasteiger partial charge is 0.450 e. The van der Waals surface area contributed by atoms with Crippen LogP contribution in [0.1, 0.15) is 91.9 Å². The lowest BCUT2D eigenvalue weighted by atomic mass is 9.75. The minimum atomic E-state index is -0.299. The minimum absolute atomic E-state index is 0.175. The van der Waals surface area contributed by atoms with Gasteiger partial charge in [0.15, 0.2) is 0 Å². The number of alkyl carbamates (subject to hydrolysis) is 1. The van der Waals surface area contributed by atoms with Crippen molar-refractivity contribution in [2.75, 3.05) is 6.61 Å². The van der Waals surface area contributed by atoms with E-state index in [2.05, 4.69) is 10.6 Å². The van der Waals surface area contributed by atoms with Crippen LogP contribution in [0.4, 0.5) is 4.79 Å². The molecule has 2 rings (SSSR count). The number of hydrogen-bond acceptors (Lipinski definition) is 3. The van der Waals surface area contributed by atoms with E-state index < -0.39 is 0 Å². The molecule has 0 aromatic heterocycles. The smallest absolute Gasteiger partial charge is 0.407 e. The van der Waals surface area contributed by atoms with Gasteiger partial charge in [-0.3, -0.25) is 4.79 Å². The van der Waals surface area contributed by atoms with Gasteiger partial charge >= 0.3 is 6.09 Å². The molecule has 2 aliphatic carbocycles. The Morgan fingerprint density at radius 3 is 1.78 bits per heavy atom. The van der Waals surface area contributed by atoms with Crippen molar-refractivity contribution in [1.29, 1.82) is 0 Å². The van der Waals surface area contributed by atoms with E-state index in [4.69, 9.17) is 4.74 Å². The number of carbonyl (C=O) groups excluding carboxylic acids is 2. The van der Waals surface area contributed by atoms with Crippen molar-refractivity contribution in [2.24, 2.45) is 17.3 Å². The lowest BCUT2D eigenvalue weighted by molar-refractivity contribution is -0.129. The van der Waals surface area contributed by atoms with E-state index >= 15 is 0 Å². The Balaban J connectivity index is 1.62. The Bertz CT molecular complexity index is 470. The van der Waals surface area contributed by atoms with Crippen LogP contribution in [0.15, 0.2) is 0 Å². The van der Waals surface area contributed by atoms with Crippen LogP contribution in [-0.4, -0.2) is 30.7 Å². The van der Waals surface area contributed by atoms with Gasteiger partial charge in [-0.1, -0.05) is 27.7 Å². The van der Waals surface area contributed by atoms with Gasteiger partial charge in [-0.2, -0.15) is 0 Å². The molecule has 0 aliphatic heterocycles. The standard InChI is InChI=1S/C22H40N2O3/c1-5-14-27-21(26)24-19-12-8-17(9-13-19)15-16-6-10-18(11-7-16)23-20(25)22(2,3)4/h16-19H,5-15H2,1-4H3,(H,23,25)(H,24,26). The highest BCUT2D eigenvalue weighted by Gasteiger charge is 2.29. The summed E-state index contributed by atoms with van der Waals surface area (Å²) >= 11 is 0. The van der Waals surface area contributed by atoms with E-state index in [1.165, 1.54) is 32.1 Å². The number of carbonyl (C=O) groups is 2. The lowest BCUT2D eigenvalue weighted by Gasteiger charge is -2.35. The molecule has 2 aliphatic rings. The maximum absolute atomic E-state index is 12.1. The summed E-state index contributed by atoms with van der Waals surface area (Å²) in [7, 11) is 0. The van der Waals surface area contributed by atoms with Gasteiger partial charge in [-0.15, -0.1) is 0 Å². The number of hydrogen-bond donors (Lipinski definition) is 2. The van der Waals surface area contributed by atoms with Crippen molar-refractivity contribution >= 4 is 12.0 Å². The van der Waals surface area contributed by atoms with E-state index in [0.29, 0.717) is 12.6 Å². The first-order chi connectivity index (χ1) is 12.8. The van der Waals surface area contributed by atoms with E-state index in [9.17, 15) is 9.59 Å². The zero-order valence-corrected chi connectivity index (χ0v) is 17.8. The fourth-order valence-electron chi connectivity index (χ4n) is 4.36. The molecule has 156 valence electrons. The van der Waals surface area contributed by atoms with E-state index in [-0.39, 0.29) is 23.5 Å². The lowest BCUT2D eigenvalue weighted by Crippen LogP contribution is -2.43. The summed E-state index contributed by atoms with van der Waals surface area (Å²) in [6.45, 7) is 8.43. The van der Waals surface area contributed by atoms with E-state index in [1.54, 1.807) is 0 Å². The second-order valence-corrected chi connectivity index (χ2v) is 9.67. The molecule has 0 bridgehead atoms. The highest BCUT2D eigenvalue weighted by atomic mass is 16.5. The normalized spacial score (nSPS) is 29.0. The fraction of sp³-hybridized carbons (Fsp3) is 0.909. The van der Waals surface area contributed by atoms with Crippen molar-refractivity contribution in [1.82, 2.24) is 10.6 Å². The molecule has 0 radical (unpaired) electrons. The van der Waals surface area contributed by atoms with Crippen LogP contribution in [-0.2, 0) is 9.53 Å². The fourth-order valence-corrected chi connectivity index (χ4v) is 4.36. The summed E-state index contributed by atoms with van der Waals surface area (Å²) in [5.41, 5.74) is -0.299. The zero-order chi connectivity index (χ0) is 19.9. The van der Waals surface area contributed by atoms with Crippen LogP contribution in [0.25, 0.3) is 0 Å². The van der Waals surface area contributed by atoms with E-state index in [1.807, 2.05) is 27.7 Å². The van der Waals surface area contributed by atoms with Crippen molar-refractivity contribution in [3.8, 4) is 0 Å². The summed E-state index contributed by atoms with van der Waals surface area (Å²) in [6.07, 6.45) is 11.2. The predicted octanol–water partition coefficient (Wildman–Crippen LogP) is 4.79. The summed E-state index contributed by atoms with van der Waals surface area (Å²) in [6, 6.07) is 0.649. The molecule has 5 nitrogen and oxygen atoms in total. The highest BCUT2D eigenvalue weighted by molar-refractivity contribution is 5.81. The Morgan fingerprint density at radius 1 is 0.852 bits per heavy atom. The van der Waals surface area contributed by atoms with Crippen LogP contribution < -0.4 is 10.6 Å². The molecule has 2 fully saturated rings. The van der Waals surface area contributed by atoms with Crippen LogP contribution >= 0.6 is 0 Å². The second kappa shape index (κ2) is 10.3. The van der Waals surface area contributed by atoms with Gasteiger partial charge in [0.1, 0.15) is 0 Å². The predicted molar refractivity (Wildman–Crippen MR) is 108 cm³/mol. The summed E-state index contributed by atoms with van der Waals surface area (Å²) in [5, 5.41) is 6.24. The minimum Gasteiger partial charge on any atom is -0.450 e. The maximum atomic E-state index is 12.1. The van der Waals surface area contributed by atoms with Gasteiger partial charge in [0.2, 0.25) is 5.91 Å². The molecule has 5 heteroatoms. The third-order valence-corrected chi connectivity index (χ3v) is 6.14. The average Bonchev–Trinajstić information content (AvgIpc) is 2.62. The molecule has 0 heterocycles. The zero-order valence-electron chi connectivity index (χ0n) is 17.8. The Morgan fingerprint density at radius 2 is 1.33 bits per heavy atom. The molecule has 0 atom stereocenters. The topological polar surface area (TPSA) is 67.4 Å². The molecular weight excluding hydrogens is 340 g/mol. The third-order valence-electron chi connectivity index (χ3n) is 6.14. The van der Waals surface area contributed by atoms with Crippen LogP contribution in [0.5, 0.6) is 0 Å². The molecular formula is C22H40N2O3. The first-order valence-electron chi connectivity index (χ1n) is 11.0. The van der Waals surface area contributed by atoms with E-state index in [0.717, 1.165) is 43.9 Å². The summed E-state index contributed by atoms with van der Waals surface area (Å²) < 4.78 is 5.12. The second-order valence-electron chi connectivity index (χ2n) is 9.67. The monoisotopic (exact) mass is 380 g/mol. The van der Waals surface area contributed by atoms with Crippen molar-refractivity contribution in [2.45, 2.75) is 104 Å². The molecule has 0 aromatic carbocycles. The molecule has 2 amide bonds. The molecule has 0 aromatic rings. The Hall–Kier alpha value is -1.26. The average molecular weight is 381 g/mol. The van der Waals surface area contributed by atoms with Gasteiger partial charge < -0.3 is 15.4 Å². The van der Waals surface area contributed by atoms with Gasteiger partial charge in [0, 0.05) is 17.5 Å². The molecule has 0 saturated heterocycles. The first-order valence-corrected chi connectivity index (χ1v) is 11.0. The number of amides is 2. The molecule has 0 unspecified atom stereocenters. The number of rotatable bonds is 6. The Labute approximate surface area is 165 Å². The summed E-state index contributed by atoms with van der Waals surface area (Å²) in [5.74, 6) is 1.77. The van der Waals surface area contributed by atoms with Crippen molar-refractivity contribution < 1.29 is 14.3 Å². The highest BCUT2D eigenvalue weighted by Crippen LogP contribution is 2.35. The SMILES string of the molecule is CCCOC(=O)NC1CCC(CC2CCC(NC(=O)C(C)(C)C)CC2)CC1. The molecule has 2 saturated carbocycles. The van der Waals surface area contributed by atoms with Crippen LogP contribution in [0.2, 0.25) is 0 Å². The maximum Gasteiger partial charge on any atom is 0.407 e. The van der Waals surface area contributed by atoms with Gasteiger partial charge in [-0.05, 0) is 76.0 Å². The van der Waals surface area contributed by atoms with Crippen LogP contribution in [0, 0.1) is 17.3 Å². The molecule has 0 spiro atoms. The first kappa shape index (κ1) is 22.0. The number of nitrogens with one attached hydrogen (secondary N) is 2. The quantitative estimate of drug-likeness (QED) is 0.696. The summed E-state index contributed by atoms with van der Waals surface area (Å²) in [4.78, 5) is 23.8. The van der Waals surface area contributed by atoms with Crippen LogP contribution in [0.3, 0.4) is 0 Å². The Kier molecular flexibility index (Phi) is 8.43.